The first-order chi connectivity index (χ1) is 8.74. The van der Waals surface area contributed by atoms with Crippen molar-refractivity contribution in [3.8, 4) is 0 Å². The molecular formula is C15H20O3. The number of benzene rings is 1. The quantitative estimate of drug-likeness (QED) is 0.759. The molecule has 1 aromatic carbocycles. The lowest BCUT2D eigenvalue weighted by Gasteiger charge is -2.21. The van der Waals surface area contributed by atoms with Crippen LogP contribution < -0.4 is 0 Å². The van der Waals surface area contributed by atoms with Gasteiger partial charge in [-0.3, -0.25) is 0 Å². The molecule has 1 saturated carbocycles. The Morgan fingerprint density at radius 2 is 1.83 bits per heavy atom. The molecule has 1 fully saturated rings. The highest BCUT2D eigenvalue weighted by atomic mass is 16.7. The number of hydrogen-bond acceptors (Lipinski definition) is 3. The van der Waals surface area contributed by atoms with E-state index >= 15 is 0 Å². The van der Waals surface area contributed by atoms with Gasteiger partial charge in [0, 0.05) is 0 Å². The smallest absolute Gasteiger partial charge is 0.431 e. The third-order valence-electron chi connectivity index (χ3n) is 3.29. The van der Waals surface area contributed by atoms with Gasteiger partial charge in [0.15, 0.2) is 0 Å². The van der Waals surface area contributed by atoms with E-state index in [0.717, 1.165) is 31.2 Å². The summed E-state index contributed by atoms with van der Waals surface area (Å²) in [6, 6.07) is 7.93. The standard InChI is InChI=1S/C15H20O3/c1-12-7-9-13(10-8-12)11-17-15(16)18-14-5-3-2-4-6-14/h7-10,14H,2-6,11H2,1H3. The van der Waals surface area contributed by atoms with Gasteiger partial charge < -0.3 is 9.47 Å². The molecule has 98 valence electrons. The summed E-state index contributed by atoms with van der Waals surface area (Å²) >= 11 is 0. The van der Waals surface area contributed by atoms with Gasteiger partial charge in [0.05, 0.1) is 0 Å². The molecule has 1 aliphatic carbocycles. The summed E-state index contributed by atoms with van der Waals surface area (Å²) in [7, 11) is 0. The monoisotopic (exact) mass is 248 g/mol. The summed E-state index contributed by atoms with van der Waals surface area (Å²) in [6.07, 6.45) is 5.01. The molecule has 1 aromatic rings. The molecular weight excluding hydrogens is 228 g/mol. The van der Waals surface area contributed by atoms with Crippen LogP contribution in [0.25, 0.3) is 0 Å². The van der Waals surface area contributed by atoms with E-state index in [-0.39, 0.29) is 12.7 Å². The Morgan fingerprint density at radius 3 is 2.50 bits per heavy atom. The Hall–Kier alpha value is -1.51. The summed E-state index contributed by atoms with van der Waals surface area (Å²) in [5, 5.41) is 0. The Labute approximate surface area is 108 Å². The normalized spacial score (nSPS) is 16.3. The number of rotatable bonds is 3. The van der Waals surface area contributed by atoms with E-state index in [4.69, 9.17) is 9.47 Å². The summed E-state index contributed by atoms with van der Waals surface area (Å²) in [6.45, 7) is 2.31. The van der Waals surface area contributed by atoms with Crippen molar-refractivity contribution in [2.75, 3.05) is 0 Å². The van der Waals surface area contributed by atoms with E-state index in [1.807, 2.05) is 31.2 Å². The number of ether oxygens (including phenoxy) is 2. The number of carbonyl (C=O) groups excluding carboxylic acids is 1. The van der Waals surface area contributed by atoms with Gasteiger partial charge in [0.25, 0.3) is 0 Å². The van der Waals surface area contributed by atoms with Crippen molar-refractivity contribution in [1.29, 1.82) is 0 Å². The number of aryl methyl sites for hydroxylation is 1. The first-order valence-electron chi connectivity index (χ1n) is 6.63. The van der Waals surface area contributed by atoms with Gasteiger partial charge in [-0.1, -0.05) is 36.2 Å². The van der Waals surface area contributed by atoms with E-state index in [1.165, 1.54) is 12.0 Å². The lowest BCUT2D eigenvalue weighted by Crippen LogP contribution is -2.21. The summed E-state index contributed by atoms with van der Waals surface area (Å²) in [5.74, 6) is 0. The minimum atomic E-state index is -0.539. The molecule has 0 bridgehead atoms. The summed E-state index contributed by atoms with van der Waals surface area (Å²) in [5.41, 5.74) is 2.18. The number of carbonyl (C=O) groups is 1. The van der Waals surface area contributed by atoms with E-state index in [1.54, 1.807) is 0 Å². The maximum Gasteiger partial charge on any atom is 0.508 e. The van der Waals surface area contributed by atoms with Crippen LogP contribution in [0, 0.1) is 6.92 Å². The van der Waals surface area contributed by atoms with Gasteiger partial charge in [-0.25, -0.2) is 4.79 Å². The molecule has 3 nitrogen and oxygen atoms in total. The molecule has 2 rings (SSSR count). The summed E-state index contributed by atoms with van der Waals surface area (Å²) in [4.78, 5) is 11.5. The minimum Gasteiger partial charge on any atom is -0.431 e. The zero-order valence-corrected chi connectivity index (χ0v) is 10.9. The van der Waals surface area contributed by atoms with Gasteiger partial charge in [0.1, 0.15) is 12.7 Å². The van der Waals surface area contributed by atoms with Crippen molar-refractivity contribution < 1.29 is 14.3 Å². The fourth-order valence-electron chi connectivity index (χ4n) is 2.18. The van der Waals surface area contributed by atoms with Crippen LogP contribution >= 0.6 is 0 Å². The van der Waals surface area contributed by atoms with Crippen molar-refractivity contribution in [1.82, 2.24) is 0 Å². The largest absolute Gasteiger partial charge is 0.508 e. The molecule has 0 aliphatic heterocycles. The average Bonchev–Trinajstić information content (AvgIpc) is 2.39. The van der Waals surface area contributed by atoms with Gasteiger partial charge >= 0.3 is 6.16 Å². The second-order valence-corrected chi connectivity index (χ2v) is 4.90. The molecule has 0 saturated heterocycles. The van der Waals surface area contributed by atoms with Crippen molar-refractivity contribution >= 4 is 6.16 Å². The molecule has 0 unspecified atom stereocenters. The minimum absolute atomic E-state index is 0.0595. The van der Waals surface area contributed by atoms with E-state index in [0.29, 0.717) is 0 Å². The van der Waals surface area contributed by atoms with Crippen molar-refractivity contribution in [2.24, 2.45) is 0 Å². The zero-order chi connectivity index (χ0) is 12.8. The molecule has 0 spiro atoms. The van der Waals surface area contributed by atoms with E-state index in [2.05, 4.69) is 0 Å². The summed E-state index contributed by atoms with van der Waals surface area (Å²) < 4.78 is 10.4. The maximum atomic E-state index is 11.5. The molecule has 1 aliphatic rings. The second-order valence-electron chi connectivity index (χ2n) is 4.90. The van der Waals surface area contributed by atoms with Gasteiger partial charge in [-0.05, 0) is 38.2 Å². The van der Waals surface area contributed by atoms with Crippen LogP contribution in [0.1, 0.15) is 43.2 Å². The van der Waals surface area contributed by atoms with Crippen LogP contribution in [-0.2, 0) is 16.1 Å². The second kappa shape index (κ2) is 6.43. The van der Waals surface area contributed by atoms with Crippen LogP contribution in [0.2, 0.25) is 0 Å². The van der Waals surface area contributed by atoms with Gasteiger partial charge in [-0.2, -0.15) is 0 Å². The highest BCUT2D eigenvalue weighted by Gasteiger charge is 2.18. The van der Waals surface area contributed by atoms with Crippen molar-refractivity contribution in [2.45, 2.75) is 51.7 Å². The topological polar surface area (TPSA) is 35.5 Å². The first-order valence-corrected chi connectivity index (χ1v) is 6.63. The highest BCUT2D eigenvalue weighted by molar-refractivity contribution is 5.60. The zero-order valence-electron chi connectivity index (χ0n) is 10.9. The Morgan fingerprint density at radius 1 is 1.17 bits per heavy atom. The van der Waals surface area contributed by atoms with Crippen LogP contribution in [0.3, 0.4) is 0 Å². The van der Waals surface area contributed by atoms with Crippen LogP contribution in [0.15, 0.2) is 24.3 Å². The SMILES string of the molecule is Cc1ccc(COC(=O)OC2CCCCC2)cc1. The predicted octanol–water partition coefficient (Wildman–Crippen LogP) is 3.98. The third kappa shape index (κ3) is 4.06. The average molecular weight is 248 g/mol. The Balaban J connectivity index is 1.72. The lowest BCUT2D eigenvalue weighted by atomic mass is 9.98. The van der Waals surface area contributed by atoms with Crippen molar-refractivity contribution in [3.63, 3.8) is 0 Å². The van der Waals surface area contributed by atoms with Crippen LogP contribution in [0.4, 0.5) is 4.79 Å². The predicted molar refractivity (Wildman–Crippen MR) is 69.3 cm³/mol. The molecule has 0 aromatic heterocycles. The van der Waals surface area contributed by atoms with E-state index < -0.39 is 6.16 Å². The molecule has 0 amide bonds. The maximum absolute atomic E-state index is 11.5. The van der Waals surface area contributed by atoms with E-state index in [9.17, 15) is 4.79 Å². The number of hydrogen-bond donors (Lipinski definition) is 0. The molecule has 0 radical (unpaired) electrons. The fraction of sp³-hybridized carbons (Fsp3) is 0.533. The first kappa shape index (κ1) is 12.9. The fourth-order valence-corrected chi connectivity index (χ4v) is 2.18. The molecule has 3 heteroatoms. The molecule has 18 heavy (non-hydrogen) atoms. The van der Waals surface area contributed by atoms with Crippen LogP contribution in [-0.4, -0.2) is 12.3 Å². The van der Waals surface area contributed by atoms with Gasteiger partial charge in [0.2, 0.25) is 0 Å². The van der Waals surface area contributed by atoms with Gasteiger partial charge in [-0.15, -0.1) is 0 Å². The molecule has 0 N–H and O–H groups in total. The third-order valence-corrected chi connectivity index (χ3v) is 3.29. The molecule has 0 atom stereocenters. The molecule has 0 heterocycles. The lowest BCUT2D eigenvalue weighted by molar-refractivity contribution is 0.00732. The van der Waals surface area contributed by atoms with Crippen LogP contribution in [0.5, 0.6) is 0 Å². The highest BCUT2D eigenvalue weighted by Crippen LogP contribution is 2.20. The van der Waals surface area contributed by atoms with Crippen molar-refractivity contribution in [3.05, 3.63) is 35.4 Å². The Bertz CT molecular complexity index is 377. The Kier molecular flexibility index (Phi) is 4.62.